The molecule has 0 aliphatic heterocycles. The quantitative estimate of drug-likeness (QED) is 0.169. The van der Waals surface area contributed by atoms with Gasteiger partial charge >= 0.3 is 0 Å². The zero-order valence-electron chi connectivity index (χ0n) is 29.4. The Balaban J connectivity index is 1.04. The van der Waals surface area contributed by atoms with Gasteiger partial charge in [-0.05, 0) is 94.3 Å². The normalized spacial score (nSPS) is 11.7. The lowest BCUT2D eigenvalue weighted by atomic mass is 9.89. The molecule has 0 aliphatic carbocycles. The molecule has 0 radical (unpaired) electrons. The van der Waals surface area contributed by atoms with Gasteiger partial charge < -0.3 is 0 Å². The van der Waals surface area contributed by atoms with Gasteiger partial charge in [0.15, 0.2) is 5.82 Å². The molecule has 2 heteroatoms. The molecule has 0 bridgehead atoms. The maximum atomic E-state index is 5.20. The maximum Gasteiger partial charge on any atom is 0.160 e. The molecule has 11 rings (SSSR count). The predicted molar refractivity (Wildman–Crippen MR) is 228 cm³/mol. The standard InChI is InChI=1S/C52H32N2/c1-3-10-33(11-4-1)42-16-8-18-45-44(42)17-9-19-46(45)49-32-48(53-52(54-49)37-12-5-2-6-13-37)41-25-23-38-30-40(24-22-39(38)31-41)43-28-26-36-21-20-34-14-7-15-35-27-29-47(43)51(36)50(34)35/h1-32H. The van der Waals surface area contributed by atoms with E-state index in [1.807, 2.05) is 18.2 Å². The first-order valence-electron chi connectivity index (χ1n) is 18.5. The number of rotatable bonds is 5. The maximum absolute atomic E-state index is 5.20. The van der Waals surface area contributed by atoms with Crippen LogP contribution in [0, 0.1) is 0 Å². The molecule has 2 nitrogen and oxygen atoms in total. The number of hydrogen-bond acceptors (Lipinski definition) is 2. The third kappa shape index (κ3) is 4.96. The Morgan fingerprint density at radius 3 is 1.56 bits per heavy atom. The van der Waals surface area contributed by atoms with E-state index in [1.165, 1.54) is 76.1 Å². The van der Waals surface area contributed by atoms with E-state index >= 15 is 0 Å². The topological polar surface area (TPSA) is 25.8 Å². The highest BCUT2D eigenvalue weighted by Crippen LogP contribution is 2.41. The molecule has 0 saturated heterocycles. The summed E-state index contributed by atoms with van der Waals surface area (Å²) >= 11 is 0. The third-order valence-electron chi connectivity index (χ3n) is 11.0. The van der Waals surface area contributed by atoms with Gasteiger partial charge in [0.2, 0.25) is 0 Å². The molecule has 0 N–H and O–H groups in total. The van der Waals surface area contributed by atoms with Crippen LogP contribution in [0.2, 0.25) is 0 Å². The van der Waals surface area contributed by atoms with E-state index in [4.69, 9.17) is 9.97 Å². The van der Waals surface area contributed by atoms with Crippen molar-refractivity contribution in [2.45, 2.75) is 0 Å². The molecular formula is C52H32N2. The highest BCUT2D eigenvalue weighted by atomic mass is 14.9. The number of hydrogen-bond donors (Lipinski definition) is 0. The molecule has 0 spiro atoms. The molecule has 0 amide bonds. The van der Waals surface area contributed by atoms with Crippen LogP contribution in [0.3, 0.4) is 0 Å². The molecule has 11 aromatic rings. The summed E-state index contributed by atoms with van der Waals surface area (Å²) in [5, 5.41) is 12.6. The fraction of sp³-hybridized carbons (Fsp3) is 0. The summed E-state index contributed by atoms with van der Waals surface area (Å²) in [6.45, 7) is 0. The summed E-state index contributed by atoms with van der Waals surface area (Å²) in [6.07, 6.45) is 0. The van der Waals surface area contributed by atoms with Crippen molar-refractivity contribution >= 4 is 53.9 Å². The number of aromatic nitrogens is 2. The van der Waals surface area contributed by atoms with Gasteiger partial charge in [-0.3, -0.25) is 0 Å². The van der Waals surface area contributed by atoms with Crippen molar-refractivity contribution in [3.63, 3.8) is 0 Å². The van der Waals surface area contributed by atoms with Crippen LogP contribution < -0.4 is 0 Å². The average molecular weight is 685 g/mol. The van der Waals surface area contributed by atoms with E-state index < -0.39 is 0 Å². The van der Waals surface area contributed by atoms with Crippen LogP contribution in [0.25, 0.3) is 110 Å². The lowest BCUT2D eigenvalue weighted by Gasteiger charge is -2.15. The Bertz CT molecular complexity index is 3190. The van der Waals surface area contributed by atoms with Crippen LogP contribution in [-0.4, -0.2) is 9.97 Å². The van der Waals surface area contributed by atoms with Crippen LogP contribution >= 0.6 is 0 Å². The molecule has 1 aromatic heterocycles. The fourth-order valence-electron chi connectivity index (χ4n) is 8.41. The van der Waals surface area contributed by atoms with E-state index in [1.54, 1.807) is 0 Å². The van der Waals surface area contributed by atoms with Crippen LogP contribution in [0.4, 0.5) is 0 Å². The SMILES string of the molecule is c1ccc(-c2nc(-c3ccc4cc(-c5ccc6ccc7cccc8ccc5c6c78)ccc4c3)cc(-c3cccc4c(-c5ccccc5)cccc34)n2)cc1. The highest BCUT2D eigenvalue weighted by Gasteiger charge is 2.16. The lowest BCUT2D eigenvalue weighted by molar-refractivity contribution is 1.19. The van der Waals surface area contributed by atoms with Gasteiger partial charge in [-0.1, -0.05) is 176 Å². The Hall–Kier alpha value is -7.16. The Morgan fingerprint density at radius 2 is 0.796 bits per heavy atom. The molecule has 0 aliphatic rings. The minimum absolute atomic E-state index is 0.712. The van der Waals surface area contributed by atoms with Gasteiger partial charge in [0.1, 0.15) is 0 Å². The van der Waals surface area contributed by atoms with Crippen molar-refractivity contribution in [2.75, 3.05) is 0 Å². The van der Waals surface area contributed by atoms with Crippen molar-refractivity contribution in [1.82, 2.24) is 9.97 Å². The summed E-state index contributed by atoms with van der Waals surface area (Å²) in [5.41, 5.74) is 9.82. The van der Waals surface area contributed by atoms with E-state index in [2.05, 4.69) is 176 Å². The summed E-state index contributed by atoms with van der Waals surface area (Å²) in [7, 11) is 0. The number of benzene rings is 10. The largest absolute Gasteiger partial charge is 0.228 e. The number of nitrogens with zero attached hydrogens (tertiary/aromatic N) is 2. The van der Waals surface area contributed by atoms with Crippen LogP contribution in [0.15, 0.2) is 194 Å². The lowest BCUT2D eigenvalue weighted by Crippen LogP contribution is -1.96. The minimum Gasteiger partial charge on any atom is -0.228 e. The second-order valence-corrected chi connectivity index (χ2v) is 14.1. The van der Waals surface area contributed by atoms with Crippen molar-refractivity contribution in [1.29, 1.82) is 0 Å². The second-order valence-electron chi connectivity index (χ2n) is 14.1. The molecule has 0 fully saturated rings. The fourth-order valence-corrected chi connectivity index (χ4v) is 8.41. The first kappa shape index (κ1) is 30.5. The predicted octanol–water partition coefficient (Wildman–Crippen LogP) is 14.0. The average Bonchev–Trinajstić information content (AvgIpc) is 3.25. The Morgan fingerprint density at radius 1 is 0.259 bits per heavy atom. The Labute approximate surface area is 313 Å². The van der Waals surface area contributed by atoms with E-state index in [0.717, 1.165) is 28.1 Å². The Kier molecular flexibility index (Phi) is 6.90. The smallest absolute Gasteiger partial charge is 0.160 e. The number of fused-ring (bicyclic) bond motifs is 2. The van der Waals surface area contributed by atoms with Gasteiger partial charge in [0.05, 0.1) is 11.4 Å². The van der Waals surface area contributed by atoms with E-state index in [9.17, 15) is 0 Å². The molecular weight excluding hydrogens is 653 g/mol. The summed E-state index contributed by atoms with van der Waals surface area (Å²) < 4.78 is 0. The van der Waals surface area contributed by atoms with Gasteiger partial charge in [-0.15, -0.1) is 0 Å². The van der Waals surface area contributed by atoms with Crippen molar-refractivity contribution in [2.24, 2.45) is 0 Å². The molecule has 0 saturated carbocycles. The molecule has 1 heterocycles. The van der Waals surface area contributed by atoms with E-state index in [0.29, 0.717) is 5.82 Å². The molecule has 0 unspecified atom stereocenters. The molecule has 54 heavy (non-hydrogen) atoms. The summed E-state index contributed by atoms with van der Waals surface area (Å²) in [4.78, 5) is 10.4. The zero-order chi connectivity index (χ0) is 35.6. The van der Waals surface area contributed by atoms with Crippen molar-refractivity contribution in [3.8, 4) is 56.2 Å². The van der Waals surface area contributed by atoms with Crippen molar-refractivity contribution < 1.29 is 0 Å². The van der Waals surface area contributed by atoms with Gasteiger partial charge in [0, 0.05) is 16.7 Å². The molecule has 10 aromatic carbocycles. The van der Waals surface area contributed by atoms with Crippen LogP contribution in [0.5, 0.6) is 0 Å². The molecule has 250 valence electrons. The first-order chi connectivity index (χ1) is 26.7. The van der Waals surface area contributed by atoms with Crippen molar-refractivity contribution in [3.05, 3.63) is 194 Å². The molecule has 0 atom stereocenters. The summed E-state index contributed by atoms with van der Waals surface area (Å²) in [5.74, 6) is 0.712. The second kappa shape index (κ2) is 12.2. The highest BCUT2D eigenvalue weighted by molar-refractivity contribution is 6.25. The van der Waals surface area contributed by atoms with E-state index in [-0.39, 0.29) is 0 Å². The minimum atomic E-state index is 0.712. The van der Waals surface area contributed by atoms with Gasteiger partial charge in [-0.25, -0.2) is 9.97 Å². The van der Waals surface area contributed by atoms with Crippen LogP contribution in [0.1, 0.15) is 0 Å². The third-order valence-corrected chi connectivity index (χ3v) is 11.0. The van der Waals surface area contributed by atoms with Crippen LogP contribution in [-0.2, 0) is 0 Å². The summed E-state index contributed by atoms with van der Waals surface area (Å²) in [6, 6.07) is 69.8. The zero-order valence-corrected chi connectivity index (χ0v) is 29.4. The van der Waals surface area contributed by atoms with Gasteiger partial charge in [-0.2, -0.15) is 0 Å². The van der Waals surface area contributed by atoms with Gasteiger partial charge in [0.25, 0.3) is 0 Å². The monoisotopic (exact) mass is 684 g/mol. The first-order valence-corrected chi connectivity index (χ1v) is 18.5.